The highest BCUT2D eigenvalue weighted by molar-refractivity contribution is 6.01. The minimum atomic E-state index is -1.08. The van der Waals surface area contributed by atoms with Crippen LogP contribution in [0.25, 0.3) is 16.7 Å². The number of fused-ring (bicyclic) bond motifs is 1. The van der Waals surface area contributed by atoms with Gasteiger partial charge < -0.3 is 14.1 Å². The summed E-state index contributed by atoms with van der Waals surface area (Å²) in [5.41, 5.74) is 4.95. The third-order valence-electron chi connectivity index (χ3n) is 5.77. The molecule has 0 spiro atoms. The van der Waals surface area contributed by atoms with Crippen molar-refractivity contribution in [2.24, 2.45) is 4.99 Å². The number of carboxylic acids is 1. The van der Waals surface area contributed by atoms with Crippen molar-refractivity contribution in [1.82, 2.24) is 4.57 Å². The second-order valence-corrected chi connectivity index (χ2v) is 8.36. The molecule has 2 aromatic heterocycles. The number of carbonyl (C=O) groups excluding carboxylic acids is 1. The van der Waals surface area contributed by atoms with Crippen molar-refractivity contribution in [2.75, 3.05) is 6.54 Å². The first-order valence-electron chi connectivity index (χ1n) is 10.8. The van der Waals surface area contributed by atoms with Gasteiger partial charge in [-0.15, -0.1) is 0 Å². The van der Waals surface area contributed by atoms with E-state index >= 15 is 0 Å². The predicted octanol–water partition coefficient (Wildman–Crippen LogP) is 4.82. The van der Waals surface area contributed by atoms with Crippen LogP contribution < -0.4 is 5.43 Å². The van der Waals surface area contributed by atoms with Crippen LogP contribution in [0.2, 0.25) is 0 Å². The topological polar surface area (TPSA) is 102 Å². The van der Waals surface area contributed by atoms with Crippen molar-refractivity contribution in [2.45, 2.75) is 27.7 Å². The Balaban J connectivity index is 1.63. The molecule has 1 N–H and O–H groups in total. The largest absolute Gasteiger partial charge is 0.478 e. The van der Waals surface area contributed by atoms with Crippen LogP contribution in [0, 0.1) is 27.7 Å². The molecule has 2 aromatic carbocycles. The van der Waals surface area contributed by atoms with Gasteiger partial charge in [-0.25, -0.2) is 4.79 Å². The molecule has 0 saturated carbocycles. The van der Waals surface area contributed by atoms with Gasteiger partial charge in [-0.1, -0.05) is 12.1 Å². The van der Waals surface area contributed by atoms with Gasteiger partial charge in [-0.05, 0) is 69.2 Å². The van der Waals surface area contributed by atoms with E-state index in [1.165, 1.54) is 24.6 Å². The summed E-state index contributed by atoms with van der Waals surface area (Å²) in [7, 11) is 0. The zero-order valence-corrected chi connectivity index (χ0v) is 19.4. The first kappa shape index (κ1) is 22.9. The second kappa shape index (κ2) is 8.94. The number of aromatic nitrogens is 1. The molecule has 4 aromatic rings. The van der Waals surface area contributed by atoms with Crippen molar-refractivity contribution >= 4 is 28.9 Å². The monoisotopic (exact) mass is 456 g/mol. The summed E-state index contributed by atoms with van der Waals surface area (Å²) < 4.78 is 7.41. The van der Waals surface area contributed by atoms with E-state index in [1.807, 2.05) is 45.9 Å². The Hall–Kier alpha value is -4.26. The van der Waals surface area contributed by atoms with Crippen molar-refractivity contribution in [3.05, 3.63) is 98.2 Å². The van der Waals surface area contributed by atoms with Crippen LogP contribution in [0.4, 0.5) is 0 Å². The number of aryl methyl sites for hydroxylation is 4. The van der Waals surface area contributed by atoms with Crippen LogP contribution in [0.1, 0.15) is 48.8 Å². The molecule has 0 aliphatic rings. The zero-order chi connectivity index (χ0) is 24.6. The molecule has 0 bridgehead atoms. The van der Waals surface area contributed by atoms with Crippen LogP contribution in [-0.2, 0) is 0 Å². The Kier molecular flexibility index (Phi) is 6.03. The molecule has 0 unspecified atom stereocenters. The van der Waals surface area contributed by atoms with Gasteiger partial charge in [0.05, 0.1) is 22.2 Å². The average molecular weight is 456 g/mol. The number of carboxylic acid groups (broad SMARTS) is 1. The number of hydrogen-bond acceptors (Lipinski definition) is 5. The number of rotatable bonds is 6. The Labute approximate surface area is 196 Å². The van der Waals surface area contributed by atoms with Crippen molar-refractivity contribution < 1.29 is 19.1 Å². The number of carbonyl (C=O) groups is 2. The number of aliphatic imine (C=N–C) groups is 1. The predicted molar refractivity (Wildman–Crippen MR) is 131 cm³/mol. The number of Topliss-reactive ketones (excluding diaryl/α,β-unsaturated/α-hetero) is 1. The Morgan fingerprint density at radius 1 is 1.03 bits per heavy atom. The molecule has 2 heterocycles. The van der Waals surface area contributed by atoms with Crippen molar-refractivity contribution in [3.8, 4) is 5.69 Å². The summed E-state index contributed by atoms with van der Waals surface area (Å²) in [4.78, 5) is 41.6. The second-order valence-electron chi connectivity index (χ2n) is 8.36. The van der Waals surface area contributed by atoms with Gasteiger partial charge in [0.1, 0.15) is 18.4 Å². The summed E-state index contributed by atoms with van der Waals surface area (Å²) in [5.74, 6) is -1.37. The molecule has 0 saturated heterocycles. The number of aromatic carboxylic acids is 1. The van der Waals surface area contributed by atoms with E-state index in [0.29, 0.717) is 22.2 Å². The number of hydrogen-bond donors (Lipinski definition) is 1. The molecule has 0 aliphatic carbocycles. The van der Waals surface area contributed by atoms with E-state index in [1.54, 1.807) is 16.7 Å². The van der Waals surface area contributed by atoms with E-state index in [-0.39, 0.29) is 28.9 Å². The number of nitrogens with zero attached hydrogens (tertiary/aromatic N) is 2. The Morgan fingerprint density at radius 2 is 1.74 bits per heavy atom. The Bertz CT molecular complexity index is 1520. The summed E-state index contributed by atoms with van der Waals surface area (Å²) in [6.07, 6.45) is 2.68. The molecule has 7 heteroatoms. The van der Waals surface area contributed by atoms with E-state index in [0.717, 1.165) is 22.5 Å². The molecule has 4 rings (SSSR count). The van der Waals surface area contributed by atoms with E-state index in [2.05, 4.69) is 4.99 Å². The lowest BCUT2D eigenvalue weighted by atomic mass is 10.0. The molecular formula is C27H24N2O5. The first-order valence-corrected chi connectivity index (χ1v) is 10.8. The minimum absolute atomic E-state index is 0.0989. The van der Waals surface area contributed by atoms with Crippen LogP contribution in [-0.4, -0.2) is 34.2 Å². The highest BCUT2D eigenvalue weighted by atomic mass is 16.4. The molecule has 0 atom stereocenters. The van der Waals surface area contributed by atoms with E-state index in [4.69, 9.17) is 4.42 Å². The molecule has 0 radical (unpaired) electrons. The highest BCUT2D eigenvalue weighted by Crippen LogP contribution is 2.23. The van der Waals surface area contributed by atoms with Gasteiger partial charge >= 0.3 is 5.97 Å². The standard InChI is InChI=1S/C27H24N2O5/c1-15-9-16(2)25-24(10-15)34-14-20(26(25)31)12-28-13-23(30)19-7-8-21(27(32)33)22(11-19)29-17(3)5-6-18(29)4/h5-12,14H,13H2,1-4H3,(H,32,33). The maximum atomic E-state index is 12.9. The average Bonchev–Trinajstić information content (AvgIpc) is 3.12. The molecule has 7 nitrogen and oxygen atoms in total. The summed E-state index contributed by atoms with van der Waals surface area (Å²) in [6.45, 7) is 7.33. The maximum Gasteiger partial charge on any atom is 0.337 e. The van der Waals surface area contributed by atoms with Gasteiger partial charge in [-0.3, -0.25) is 14.6 Å². The normalized spacial score (nSPS) is 11.4. The smallest absolute Gasteiger partial charge is 0.337 e. The summed E-state index contributed by atoms with van der Waals surface area (Å²) in [6, 6.07) is 12.0. The molecular weight excluding hydrogens is 432 g/mol. The quantitative estimate of drug-likeness (QED) is 0.331. The van der Waals surface area contributed by atoms with Gasteiger partial charge in [0.25, 0.3) is 0 Å². The van der Waals surface area contributed by atoms with Crippen LogP contribution in [0.3, 0.4) is 0 Å². The summed E-state index contributed by atoms with van der Waals surface area (Å²) in [5, 5.41) is 10.1. The van der Waals surface area contributed by atoms with E-state index in [9.17, 15) is 19.5 Å². The van der Waals surface area contributed by atoms with Gasteiger partial charge in [0.15, 0.2) is 5.78 Å². The fraction of sp³-hybridized carbons (Fsp3) is 0.185. The van der Waals surface area contributed by atoms with Gasteiger partial charge in [0, 0.05) is 23.2 Å². The number of ketones is 1. The fourth-order valence-corrected chi connectivity index (χ4v) is 4.16. The van der Waals surface area contributed by atoms with Crippen molar-refractivity contribution in [3.63, 3.8) is 0 Å². The molecule has 172 valence electrons. The third-order valence-corrected chi connectivity index (χ3v) is 5.77. The lowest BCUT2D eigenvalue weighted by molar-refractivity contribution is 0.0696. The molecule has 34 heavy (non-hydrogen) atoms. The maximum absolute atomic E-state index is 12.9. The molecule has 0 amide bonds. The highest BCUT2D eigenvalue weighted by Gasteiger charge is 2.17. The molecule has 0 fully saturated rings. The van der Waals surface area contributed by atoms with Crippen LogP contribution >= 0.6 is 0 Å². The minimum Gasteiger partial charge on any atom is -0.478 e. The van der Waals surface area contributed by atoms with E-state index < -0.39 is 5.97 Å². The molecule has 0 aliphatic heterocycles. The lowest BCUT2D eigenvalue weighted by Gasteiger charge is -2.14. The van der Waals surface area contributed by atoms with Gasteiger partial charge in [0.2, 0.25) is 5.43 Å². The fourth-order valence-electron chi connectivity index (χ4n) is 4.16. The van der Waals surface area contributed by atoms with Crippen molar-refractivity contribution in [1.29, 1.82) is 0 Å². The van der Waals surface area contributed by atoms with Crippen LogP contribution in [0.15, 0.2) is 62.9 Å². The van der Waals surface area contributed by atoms with Gasteiger partial charge in [-0.2, -0.15) is 0 Å². The lowest BCUT2D eigenvalue weighted by Crippen LogP contribution is -2.12. The zero-order valence-electron chi connectivity index (χ0n) is 19.4. The summed E-state index contributed by atoms with van der Waals surface area (Å²) >= 11 is 0. The van der Waals surface area contributed by atoms with Crippen LogP contribution in [0.5, 0.6) is 0 Å². The third kappa shape index (κ3) is 4.20. The first-order chi connectivity index (χ1) is 16.2. The Morgan fingerprint density at radius 3 is 2.41 bits per heavy atom. The SMILES string of the molecule is Cc1cc(C)c2c(=O)c(C=NCC(=O)c3ccc(C(=O)O)c(-n4c(C)ccc4C)c3)coc2c1. The number of benzene rings is 2.